The van der Waals surface area contributed by atoms with Crippen molar-refractivity contribution in [2.24, 2.45) is 0 Å². The van der Waals surface area contributed by atoms with Crippen LogP contribution in [0.1, 0.15) is 29.5 Å². The van der Waals surface area contributed by atoms with Crippen LogP contribution < -0.4 is 9.47 Å². The van der Waals surface area contributed by atoms with Crippen molar-refractivity contribution < 1.29 is 30.5 Å². The number of fused-ring (bicyclic) bond motifs is 2. The number of aromatic nitrogens is 1. The molecule has 2 N–H and O–H groups in total. The smallest absolute Gasteiger partial charge is 0.294 e. The highest BCUT2D eigenvalue weighted by atomic mass is 32.2. The summed E-state index contributed by atoms with van der Waals surface area (Å²) in [5.41, 5.74) is 5.37. The van der Waals surface area contributed by atoms with E-state index >= 15 is 0 Å². The summed E-state index contributed by atoms with van der Waals surface area (Å²) in [5, 5.41) is 2.22. The summed E-state index contributed by atoms with van der Waals surface area (Å²) in [6, 6.07) is 29.3. The number of benzene rings is 4. The van der Waals surface area contributed by atoms with Crippen molar-refractivity contribution in [2.75, 3.05) is 11.4 Å². The Hall–Kier alpha value is -3.78. The van der Waals surface area contributed by atoms with Crippen LogP contribution in [-0.4, -0.2) is 32.5 Å². The fourth-order valence-corrected chi connectivity index (χ4v) is 8.77. The summed E-state index contributed by atoms with van der Waals surface area (Å²) in [5.74, 6) is 0. The molecule has 0 aliphatic carbocycles. The third-order valence-electron chi connectivity index (χ3n) is 7.99. The summed E-state index contributed by atoms with van der Waals surface area (Å²) in [6.07, 6.45) is 6.68. The molecule has 0 radical (unpaired) electrons. The lowest BCUT2D eigenvalue weighted by Gasteiger charge is -2.21. The average Bonchev–Trinajstić information content (AvgIpc) is 3.58. The van der Waals surface area contributed by atoms with Gasteiger partial charge in [0.25, 0.3) is 25.2 Å². The zero-order valence-corrected chi connectivity index (χ0v) is 28.7. The lowest BCUT2D eigenvalue weighted by Crippen LogP contribution is -2.36. The summed E-state index contributed by atoms with van der Waals surface area (Å²) < 4.78 is 68.0. The van der Waals surface area contributed by atoms with Crippen LogP contribution in [0.5, 0.6) is 0 Å². The molecule has 0 saturated heterocycles. The third kappa shape index (κ3) is 7.69. The monoisotopic (exact) mass is 705 g/mol. The first-order valence-electron chi connectivity index (χ1n) is 15.0. The zero-order valence-electron chi connectivity index (χ0n) is 25.5. The van der Waals surface area contributed by atoms with Gasteiger partial charge in [0.05, 0.1) is 20.5 Å². The highest BCUT2D eigenvalue weighted by molar-refractivity contribution is 8.03. The first-order valence-corrected chi connectivity index (χ1v) is 19.5. The highest BCUT2D eigenvalue weighted by Gasteiger charge is 2.25. The van der Waals surface area contributed by atoms with Crippen molar-refractivity contribution in [1.82, 2.24) is 0 Å². The molecule has 0 saturated carbocycles. The highest BCUT2D eigenvalue weighted by Crippen LogP contribution is 2.46. The van der Waals surface area contributed by atoms with Crippen molar-refractivity contribution in [3.8, 4) is 0 Å². The number of para-hydroxylation sites is 2. The maximum atomic E-state index is 11.5. The number of allylic oxidation sites excluding steroid dienone is 2. The normalized spacial score (nSPS) is 14.7. The van der Waals surface area contributed by atoms with Gasteiger partial charge in [-0.1, -0.05) is 78.6 Å². The molecule has 1 aromatic heterocycles. The molecule has 2 heterocycles. The molecule has 8 nitrogen and oxygen atoms in total. The number of hydrogen-bond acceptors (Lipinski definition) is 7. The number of anilines is 1. The molecule has 4 aromatic carbocycles. The van der Waals surface area contributed by atoms with Gasteiger partial charge in [-0.25, -0.2) is 0 Å². The van der Waals surface area contributed by atoms with E-state index < -0.39 is 20.2 Å². The van der Waals surface area contributed by atoms with Gasteiger partial charge in [-0.3, -0.25) is 9.11 Å². The summed E-state index contributed by atoms with van der Waals surface area (Å²) in [6.45, 7) is 3.53. The standard InChI is InChI=1S/C35H32N2O6S4/c1-2-25(23-34-36(30-7-3-5-9-32(30)44-34)21-19-26-11-15-28(16-12-26)46(38,39)40)24-35-37(31-8-4-6-10-33(31)45-35)22-20-27-13-17-29(18-14-27)47(41,42)43/h3-18,23-24H,2,19-22H2,1H3,(H-,38,39,40,41,42,43)/p+1. The van der Waals surface area contributed by atoms with E-state index in [4.69, 9.17) is 0 Å². The molecular formula is C35H33N2O6S4+. The lowest BCUT2D eigenvalue weighted by molar-refractivity contribution is -0.668. The van der Waals surface area contributed by atoms with Crippen molar-refractivity contribution in [3.05, 3.63) is 130 Å². The molecule has 5 aromatic rings. The Bertz CT molecular complexity index is 2210. The second-order valence-electron chi connectivity index (χ2n) is 11.1. The van der Waals surface area contributed by atoms with Crippen molar-refractivity contribution in [3.63, 3.8) is 0 Å². The van der Waals surface area contributed by atoms with E-state index in [1.54, 1.807) is 47.4 Å². The summed E-state index contributed by atoms with van der Waals surface area (Å²) in [7, 11) is -8.47. The minimum absolute atomic E-state index is 0.116. The molecule has 1 aliphatic rings. The molecular weight excluding hydrogens is 673 g/mol. The second-order valence-corrected chi connectivity index (χ2v) is 16.0. The third-order valence-corrected chi connectivity index (χ3v) is 12.0. The largest absolute Gasteiger partial charge is 0.335 e. The predicted octanol–water partition coefficient (Wildman–Crippen LogP) is 7.41. The van der Waals surface area contributed by atoms with Gasteiger partial charge in [0, 0.05) is 30.0 Å². The van der Waals surface area contributed by atoms with Gasteiger partial charge in [0.2, 0.25) is 5.52 Å². The lowest BCUT2D eigenvalue weighted by atomic mass is 10.1. The average molecular weight is 706 g/mol. The quantitative estimate of drug-likeness (QED) is 0.108. The number of nitrogens with zero attached hydrogens (tertiary/aromatic N) is 2. The van der Waals surface area contributed by atoms with Crippen LogP contribution >= 0.6 is 23.1 Å². The Morgan fingerprint density at radius 3 is 2.02 bits per heavy atom. The Labute approximate surface area is 283 Å². The van der Waals surface area contributed by atoms with E-state index in [0.29, 0.717) is 25.9 Å². The van der Waals surface area contributed by atoms with Crippen LogP contribution in [0.15, 0.2) is 128 Å². The minimum atomic E-state index is -4.24. The van der Waals surface area contributed by atoms with Gasteiger partial charge in [-0.05, 0) is 78.1 Å². The SMILES string of the molecule is CCC(=Cc1sc2ccccc2[n+]1CCc1ccc(S(=O)(=O)O)cc1)C=C1Sc2ccccc2N1CCc1ccc(S(=O)(=O)O)cc1. The van der Waals surface area contributed by atoms with E-state index in [1.165, 1.54) is 39.4 Å². The van der Waals surface area contributed by atoms with Gasteiger partial charge in [0.1, 0.15) is 4.70 Å². The zero-order chi connectivity index (χ0) is 33.2. The number of thioether (sulfide) groups is 1. The fraction of sp³-hybridized carbons (Fsp3) is 0.171. The molecule has 1 aliphatic heterocycles. The van der Waals surface area contributed by atoms with E-state index in [2.05, 4.69) is 52.8 Å². The van der Waals surface area contributed by atoms with Gasteiger partial charge in [-0.15, -0.1) is 0 Å². The van der Waals surface area contributed by atoms with Crippen LogP contribution in [0, 0.1) is 0 Å². The van der Waals surface area contributed by atoms with Crippen LogP contribution in [0.4, 0.5) is 5.69 Å². The predicted molar refractivity (Wildman–Crippen MR) is 188 cm³/mol. The Morgan fingerprint density at radius 1 is 0.787 bits per heavy atom. The summed E-state index contributed by atoms with van der Waals surface area (Å²) in [4.78, 5) is 3.24. The van der Waals surface area contributed by atoms with Gasteiger partial charge < -0.3 is 4.90 Å². The van der Waals surface area contributed by atoms with Crippen LogP contribution in [0.25, 0.3) is 16.3 Å². The first kappa shape index (κ1) is 33.1. The Balaban J connectivity index is 1.28. The Morgan fingerprint density at radius 2 is 1.38 bits per heavy atom. The van der Waals surface area contributed by atoms with E-state index in [-0.39, 0.29) is 9.79 Å². The van der Waals surface area contributed by atoms with Crippen molar-refractivity contribution in [1.29, 1.82) is 0 Å². The second kappa shape index (κ2) is 13.8. The molecule has 0 spiro atoms. The molecule has 47 heavy (non-hydrogen) atoms. The van der Waals surface area contributed by atoms with Crippen LogP contribution in [0.3, 0.4) is 0 Å². The van der Waals surface area contributed by atoms with E-state index in [9.17, 15) is 25.9 Å². The van der Waals surface area contributed by atoms with Gasteiger partial charge >= 0.3 is 0 Å². The Kier molecular flexibility index (Phi) is 9.70. The number of hydrogen-bond donors (Lipinski definition) is 2. The number of aryl methyl sites for hydroxylation is 2. The maximum absolute atomic E-state index is 11.5. The topological polar surface area (TPSA) is 116 Å². The maximum Gasteiger partial charge on any atom is 0.294 e. The summed E-state index contributed by atoms with van der Waals surface area (Å²) >= 11 is 3.46. The van der Waals surface area contributed by atoms with Crippen molar-refractivity contribution >= 4 is 65.3 Å². The molecule has 0 unspecified atom stereocenters. The fourth-order valence-electron chi connectivity index (χ4n) is 5.48. The molecule has 12 heteroatoms. The van der Waals surface area contributed by atoms with E-state index in [0.717, 1.165) is 38.8 Å². The number of rotatable bonds is 11. The minimum Gasteiger partial charge on any atom is -0.335 e. The number of thiazole rings is 1. The molecule has 0 atom stereocenters. The van der Waals surface area contributed by atoms with Crippen LogP contribution in [0.2, 0.25) is 0 Å². The van der Waals surface area contributed by atoms with Crippen molar-refractivity contribution in [2.45, 2.75) is 47.4 Å². The molecule has 0 bridgehead atoms. The van der Waals surface area contributed by atoms with E-state index in [1.807, 2.05) is 24.3 Å². The van der Waals surface area contributed by atoms with Gasteiger partial charge in [-0.2, -0.15) is 21.4 Å². The molecule has 6 rings (SSSR count). The molecule has 242 valence electrons. The molecule has 0 fully saturated rings. The van der Waals surface area contributed by atoms with Crippen LogP contribution in [-0.2, 0) is 39.6 Å². The van der Waals surface area contributed by atoms with Gasteiger partial charge in [0.15, 0.2) is 6.54 Å². The molecule has 0 amide bonds. The first-order chi connectivity index (χ1) is 22.5.